The van der Waals surface area contributed by atoms with E-state index < -0.39 is 0 Å². The molecule has 0 radical (unpaired) electrons. The highest BCUT2D eigenvalue weighted by Crippen LogP contribution is 2.43. The van der Waals surface area contributed by atoms with E-state index in [2.05, 4.69) is 36.1 Å². The van der Waals surface area contributed by atoms with Gasteiger partial charge in [0.15, 0.2) is 11.5 Å². The third-order valence-electron chi connectivity index (χ3n) is 5.82. The van der Waals surface area contributed by atoms with Crippen LogP contribution in [0.25, 0.3) is 0 Å². The summed E-state index contributed by atoms with van der Waals surface area (Å²) in [5.41, 5.74) is 11.7. The molecule has 132 valence electrons. The van der Waals surface area contributed by atoms with Gasteiger partial charge in [-0.25, -0.2) is 0 Å². The molecule has 3 atom stereocenters. The smallest absolute Gasteiger partial charge is 0.160 e. The predicted molar refractivity (Wildman–Crippen MR) is 99.2 cm³/mol. The monoisotopic (exact) mass is 338 g/mol. The quantitative estimate of drug-likeness (QED) is 0.883. The minimum absolute atomic E-state index is 0.133. The lowest BCUT2D eigenvalue weighted by Crippen LogP contribution is -2.49. The van der Waals surface area contributed by atoms with Crippen molar-refractivity contribution >= 4 is 0 Å². The molecule has 0 aromatic heterocycles. The van der Waals surface area contributed by atoms with Gasteiger partial charge in [0.05, 0.1) is 7.11 Å². The van der Waals surface area contributed by atoms with Crippen molar-refractivity contribution in [2.75, 3.05) is 20.2 Å². The summed E-state index contributed by atoms with van der Waals surface area (Å²) in [7, 11) is 1.60. The zero-order valence-corrected chi connectivity index (χ0v) is 14.9. The summed E-state index contributed by atoms with van der Waals surface area (Å²) in [5.74, 6) is 1.15. The van der Waals surface area contributed by atoms with Crippen LogP contribution in [-0.4, -0.2) is 36.2 Å². The minimum Gasteiger partial charge on any atom is -0.504 e. The SMILES string of the molecule is COc1cc2c(cc1O)CCN1C[C@H](c3cccc(C)c3)[C@@H](N)C[C@@H]21. The van der Waals surface area contributed by atoms with E-state index in [0.717, 1.165) is 25.9 Å². The first-order valence-corrected chi connectivity index (χ1v) is 9.03. The molecule has 0 unspecified atom stereocenters. The average Bonchev–Trinajstić information content (AvgIpc) is 2.60. The Hall–Kier alpha value is -2.04. The highest BCUT2D eigenvalue weighted by molar-refractivity contribution is 5.49. The summed E-state index contributed by atoms with van der Waals surface area (Å²) < 4.78 is 5.32. The summed E-state index contributed by atoms with van der Waals surface area (Å²) in [6.07, 6.45) is 1.89. The second-order valence-electron chi connectivity index (χ2n) is 7.40. The number of hydrogen-bond donors (Lipinski definition) is 2. The number of ether oxygens (including phenoxy) is 1. The van der Waals surface area contributed by atoms with Crippen LogP contribution in [0.5, 0.6) is 11.5 Å². The lowest BCUT2D eigenvalue weighted by atomic mass is 9.78. The van der Waals surface area contributed by atoms with E-state index in [4.69, 9.17) is 10.5 Å². The third kappa shape index (κ3) is 2.90. The second kappa shape index (κ2) is 6.36. The molecule has 0 amide bonds. The molecular formula is C21H26N2O2. The van der Waals surface area contributed by atoms with Crippen molar-refractivity contribution in [3.63, 3.8) is 0 Å². The Morgan fingerprint density at radius 1 is 1.24 bits per heavy atom. The molecule has 2 aromatic carbocycles. The van der Waals surface area contributed by atoms with Gasteiger partial charge in [-0.2, -0.15) is 0 Å². The van der Waals surface area contributed by atoms with Gasteiger partial charge in [0, 0.05) is 31.1 Å². The number of rotatable bonds is 2. The lowest BCUT2D eigenvalue weighted by molar-refractivity contribution is 0.109. The van der Waals surface area contributed by atoms with Crippen LogP contribution in [0.15, 0.2) is 36.4 Å². The number of piperidine rings is 1. The normalized spacial score (nSPS) is 26.0. The van der Waals surface area contributed by atoms with Crippen molar-refractivity contribution in [3.8, 4) is 11.5 Å². The molecule has 2 heterocycles. The van der Waals surface area contributed by atoms with E-state index in [-0.39, 0.29) is 11.8 Å². The second-order valence-corrected chi connectivity index (χ2v) is 7.40. The van der Waals surface area contributed by atoms with Crippen molar-refractivity contribution < 1.29 is 9.84 Å². The van der Waals surface area contributed by atoms with Gasteiger partial charge in [-0.15, -0.1) is 0 Å². The largest absolute Gasteiger partial charge is 0.504 e. The average molecular weight is 338 g/mol. The number of methoxy groups -OCH3 is 1. The van der Waals surface area contributed by atoms with E-state index in [0.29, 0.717) is 17.7 Å². The third-order valence-corrected chi connectivity index (χ3v) is 5.82. The Labute approximate surface area is 149 Å². The summed E-state index contributed by atoms with van der Waals surface area (Å²) in [4.78, 5) is 2.55. The summed E-state index contributed by atoms with van der Waals surface area (Å²) in [6, 6.07) is 13.0. The molecule has 0 aliphatic carbocycles. The molecule has 2 aliphatic rings. The summed E-state index contributed by atoms with van der Waals surface area (Å²) >= 11 is 0. The maximum Gasteiger partial charge on any atom is 0.160 e. The highest BCUT2D eigenvalue weighted by atomic mass is 16.5. The van der Waals surface area contributed by atoms with Gasteiger partial charge in [-0.3, -0.25) is 4.90 Å². The molecule has 0 bridgehead atoms. The fourth-order valence-electron chi connectivity index (χ4n) is 4.49. The molecular weight excluding hydrogens is 312 g/mol. The van der Waals surface area contributed by atoms with Crippen molar-refractivity contribution in [1.29, 1.82) is 0 Å². The number of phenols is 1. The van der Waals surface area contributed by atoms with Crippen molar-refractivity contribution in [2.45, 2.75) is 37.8 Å². The minimum atomic E-state index is 0.133. The Balaban J connectivity index is 1.64. The van der Waals surface area contributed by atoms with Crippen LogP contribution in [0.1, 0.15) is 40.6 Å². The zero-order valence-electron chi connectivity index (χ0n) is 14.9. The van der Waals surface area contributed by atoms with Gasteiger partial charge in [-0.05, 0) is 48.6 Å². The first-order chi connectivity index (χ1) is 12.1. The first kappa shape index (κ1) is 16.4. The van der Waals surface area contributed by atoms with Gasteiger partial charge in [0.2, 0.25) is 0 Å². The highest BCUT2D eigenvalue weighted by Gasteiger charge is 2.38. The van der Waals surface area contributed by atoms with Gasteiger partial charge in [0.25, 0.3) is 0 Å². The maximum atomic E-state index is 10.1. The van der Waals surface area contributed by atoms with E-state index in [1.807, 2.05) is 12.1 Å². The number of hydrogen-bond acceptors (Lipinski definition) is 4. The first-order valence-electron chi connectivity index (χ1n) is 9.03. The van der Waals surface area contributed by atoms with Gasteiger partial charge in [-0.1, -0.05) is 29.8 Å². The van der Waals surface area contributed by atoms with Gasteiger partial charge < -0.3 is 15.6 Å². The van der Waals surface area contributed by atoms with Crippen LogP contribution in [0.3, 0.4) is 0 Å². The molecule has 4 heteroatoms. The fraction of sp³-hybridized carbons (Fsp3) is 0.429. The maximum absolute atomic E-state index is 10.1. The van der Waals surface area contributed by atoms with Crippen LogP contribution >= 0.6 is 0 Å². The van der Waals surface area contributed by atoms with E-state index >= 15 is 0 Å². The molecule has 1 fully saturated rings. The van der Waals surface area contributed by atoms with E-state index in [1.165, 1.54) is 22.3 Å². The van der Waals surface area contributed by atoms with Gasteiger partial charge in [0.1, 0.15) is 0 Å². The fourth-order valence-corrected chi connectivity index (χ4v) is 4.49. The Kier molecular flexibility index (Phi) is 4.18. The number of benzene rings is 2. The Morgan fingerprint density at radius 2 is 2.08 bits per heavy atom. The number of aromatic hydroxyl groups is 1. The van der Waals surface area contributed by atoms with Crippen LogP contribution in [0.2, 0.25) is 0 Å². The molecule has 2 aliphatic heterocycles. The van der Waals surface area contributed by atoms with Crippen molar-refractivity contribution in [2.24, 2.45) is 5.73 Å². The number of nitrogens with zero attached hydrogens (tertiary/aromatic N) is 1. The van der Waals surface area contributed by atoms with Crippen LogP contribution in [0.4, 0.5) is 0 Å². The zero-order chi connectivity index (χ0) is 17.6. The molecule has 3 N–H and O–H groups in total. The molecule has 25 heavy (non-hydrogen) atoms. The van der Waals surface area contributed by atoms with Crippen LogP contribution < -0.4 is 10.5 Å². The number of phenolic OH excluding ortho intramolecular Hbond substituents is 1. The molecule has 0 saturated carbocycles. The molecule has 4 nitrogen and oxygen atoms in total. The molecule has 0 spiro atoms. The number of fused-ring (bicyclic) bond motifs is 3. The number of aryl methyl sites for hydroxylation is 1. The van der Waals surface area contributed by atoms with Crippen LogP contribution in [-0.2, 0) is 6.42 Å². The van der Waals surface area contributed by atoms with Gasteiger partial charge >= 0.3 is 0 Å². The predicted octanol–water partition coefficient (Wildman–Crippen LogP) is 3.12. The van der Waals surface area contributed by atoms with Crippen molar-refractivity contribution in [3.05, 3.63) is 58.7 Å². The summed E-state index contributed by atoms with van der Waals surface area (Å²) in [5, 5.41) is 10.1. The molecule has 4 rings (SSSR count). The molecule has 2 aromatic rings. The van der Waals surface area contributed by atoms with Crippen molar-refractivity contribution in [1.82, 2.24) is 4.90 Å². The topological polar surface area (TPSA) is 58.7 Å². The number of nitrogens with two attached hydrogens (primary N) is 1. The van der Waals surface area contributed by atoms with E-state index in [1.54, 1.807) is 7.11 Å². The lowest BCUT2D eigenvalue weighted by Gasteiger charge is -2.46. The standard InChI is InChI=1S/C21H26N2O2/c1-13-4-3-5-14(8-13)17-12-23-7-6-15-9-20(24)21(25-2)10-16(15)19(23)11-18(17)22/h3-5,8-10,17-19,24H,6-7,11-12,22H2,1-2H3/t17-,18+,19+/m1/s1. The Bertz CT molecular complexity index is 789. The van der Waals surface area contributed by atoms with Crippen LogP contribution in [0, 0.1) is 6.92 Å². The van der Waals surface area contributed by atoms with E-state index in [9.17, 15) is 5.11 Å². The molecule has 1 saturated heterocycles. The summed E-state index contributed by atoms with van der Waals surface area (Å²) in [6.45, 7) is 4.13. The Morgan fingerprint density at radius 3 is 2.84 bits per heavy atom.